The molecule has 3 aromatic rings. The topological polar surface area (TPSA) is 85.2 Å². The average Bonchev–Trinajstić information content (AvgIpc) is 3.35. The smallest absolute Gasteiger partial charge is 0.292 e. The number of carbonyl (C=O) groups is 2. The van der Waals surface area contributed by atoms with Gasteiger partial charge in [-0.3, -0.25) is 14.0 Å². The Labute approximate surface area is 168 Å². The number of rotatable bonds is 6. The van der Waals surface area contributed by atoms with Crippen LogP contribution in [0.25, 0.3) is 5.52 Å². The fraction of sp³-hybridized carbons (Fsp3) is 0.286. The number of benzene rings is 1. The molecule has 29 heavy (non-hydrogen) atoms. The first-order valence-electron chi connectivity index (χ1n) is 9.52. The molecular formula is C21H22N4O4. The molecule has 1 aliphatic heterocycles. The van der Waals surface area contributed by atoms with E-state index in [0.29, 0.717) is 29.2 Å². The lowest BCUT2D eigenvalue weighted by Gasteiger charge is -2.15. The Morgan fingerprint density at radius 1 is 1.21 bits per heavy atom. The van der Waals surface area contributed by atoms with Gasteiger partial charge in [0, 0.05) is 31.5 Å². The second kappa shape index (κ2) is 7.83. The summed E-state index contributed by atoms with van der Waals surface area (Å²) in [5.74, 6) is 0.733. The van der Waals surface area contributed by atoms with Crippen LogP contribution in [0, 0.1) is 0 Å². The largest absolute Gasteiger partial charge is 0.454 e. The molecule has 0 saturated carbocycles. The van der Waals surface area contributed by atoms with Gasteiger partial charge in [0.2, 0.25) is 12.6 Å². The van der Waals surface area contributed by atoms with Gasteiger partial charge in [0.05, 0.1) is 5.52 Å². The highest BCUT2D eigenvalue weighted by molar-refractivity contribution is 6.06. The normalized spacial score (nSPS) is 12.2. The van der Waals surface area contributed by atoms with Gasteiger partial charge in [-0.05, 0) is 30.7 Å². The third kappa shape index (κ3) is 3.61. The lowest BCUT2D eigenvalue weighted by Crippen LogP contribution is -2.28. The summed E-state index contributed by atoms with van der Waals surface area (Å²) in [7, 11) is 1.75. The van der Waals surface area contributed by atoms with Crippen LogP contribution in [0.4, 0.5) is 5.69 Å². The number of ether oxygens (including phenoxy) is 2. The number of amides is 2. The van der Waals surface area contributed by atoms with E-state index in [0.717, 1.165) is 12.8 Å². The number of nitrogens with one attached hydrogen (secondary N) is 1. The number of anilines is 1. The van der Waals surface area contributed by atoms with E-state index in [4.69, 9.17) is 9.47 Å². The molecular weight excluding hydrogens is 372 g/mol. The van der Waals surface area contributed by atoms with Crippen LogP contribution < -0.4 is 14.8 Å². The molecule has 2 aromatic heterocycles. The van der Waals surface area contributed by atoms with Crippen LogP contribution in [-0.2, 0) is 0 Å². The highest BCUT2D eigenvalue weighted by Gasteiger charge is 2.24. The quantitative estimate of drug-likeness (QED) is 0.694. The van der Waals surface area contributed by atoms with Crippen LogP contribution in [0.15, 0.2) is 42.6 Å². The fourth-order valence-electron chi connectivity index (χ4n) is 3.19. The standard InChI is InChI=1S/C21H22N4O4/c1-3-4-10-24(2)21(27)18-15-7-5-6-11-25(15)19(23-18)20(26)22-14-8-9-16-17(12-14)29-13-28-16/h5-9,11-12H,3-4,10,13H2,1-2H3,(H,22,26). The van der Waals surface area contributed by atoms with Gasteiger partial charge in [0.1, 0.15) is 0 Å². The minimum atomic E-state index is -0.416. The fourth-order valence-corrected chi connectivity index (χ4v) is 3.19. The molecule has 8 heteroatoms. The predicted molar refractivity (Wildman–Crippen MR) is 108 cm³/mol. The molecule has 1 N–H and O–H groups in total. The maximum atomic E-state index is 12.9. The maximum absolute atomic E-state index is 12.9. The van der Waals surface area contributed by atoms with Crippen molar-refractivity contribution < 1.29 is 19.1 Å². The number of aromatic nitrogens is 2. The minimum absolute atomic E-state index is 0.144. The van der Waals surface area contributed by atoms with Crippen LogP contribution >= 0.6 is 0 Å². The van der Waals surface area contributed by atoms with Crippen molar-refractivity contribution in [1.82, 2.24) is 14.3 Å². The Balaban J connectivity index is 1.63. The van der Waals surface area contributed by atoms with E-state index >= 15 is 0 Å². The molecule has 150 valence electrons. The predicted octanol–water partition coefficient (Wildman–Crippen LogP) is 3.19. The molecule has 0 bridgehead atoms. The SMILES string of the molecule is CCCCN(C)C(=O)c1nc(C(=O)Nc2ccc3c(c2)OCO3)n2ccccc12. The van der Waals surface area contributed by atoms with Crippen LogP contribution in [0.1, 0.15) is 40.9 Å². The van der Waals surface area contributed by atoms with E-state index in [9.17, 15) is 9.59 Å². The Morgan fingerprint density at radius 2 is 2.03 bits per heavy atom. The number of imidazole rings is 1. The minimum Gasteiger partial charge on any atom is -0.454 e. The number of nitrogens with zero attached hydrogens (tertiary/aromatic N) is 3. The second-order valence-corrected chi connectivity index (χ2v) is 6.84. The zero-order valence-corrected chi connectivity index (χ0v) is 16.3. The van der Waals surface area contributed by atoms with Crippen LogP contribution in [-0.4, -0.2) is 46.5 Å². The molecule has 0 saturated heterocycles. The Morgan fingerprint density at radius 3 is 2.86 bits per heavy atom. The number of pyridine rings is 1. The van der Waals surface area contributed by atoms with Gasteiger partial charge < -0.3 is 19.7 Å². The Hall–Kier alpha value is -3.55. The maximum Gasteiger partial charge on any atom is 0.292 e. The molecule has 0 fully saturated rings. The lowest BCUT2D eigenvalue weighted by atomic mass is 10.2. The molecule has 0 radical (unpaired) electrons. The molecule has 4 rings (SSSR count). The van der Waals surface area contributed by atoms with Gasteiger partial charge in [-0.1, -0.05) is 19.4 Å². The van der Waals surface area contributed by atoms with Crippen molar-refractivity contribution in [3.05, 3.63) is 54.1 Å². The molecule has 0 unspecified atom stereocenters. The first kappa shape index (κ1) is 18.8. The van der Waals surface area contributed by atoms with E-state index in [-0.39, 0.29) is 24.2 Å². The van der Waals surface area contributed by atoms with Crippen molar-refractivity contribution in [1.29, 1.82) is 0 Å². The van der Waals surface area contributed by atoms with Gasteiger partial charge in [0.15, 0.2) is 17.2 Å². The summed E-state index contributed by atoms with van der Waals surface area (Å²) >= 11 is 0. The van der Waals surface area contributed by atoms with Gasteiger partial charge >= 0.3 is 0 Å². The van der Waals surface area contributed by atoms with Crippen molar-refractivity contribution >= 4 is 23.0 Å². The van der Waals surface area contributed by atoms with Crippen molar-refractivity contribution in [2.45, 2.75) is 19.8 Å². The number of hydrogen-bond donors (Lipinski definition) is 1. The van der Waals surface area contributed by atoms with Crippen LogP contribution in [0.5, 0.6) is 11.5 Å². The molecule has 1 aromatic carbocycles. The zero-order valence-electron chi connectivity index (χ0n) is 16.3. The number of unbranched alkanes of at least 4 members (excludes halogenated alkanes) is 1. The number of hydrogen-bond acceptors (Lipinski definition) is 5. The molecule has 0 atom stereocenters. The third-order valence-electron chi connectivity index (χ3n) is 4.78. The number of carbonyl (C=O) groups excluding carboxylic acids is 2. The van der Waals surface area contributed by atoms with E-state index < -0.39 is 5.91 Å². The lowest BCUT2D eigenvalue weighted by molar-refractivity contribution is 0.0790. The van der Waals surface area contributed by atoms with Crippen molar-refractivity contribution in [3.8, 4) is 11.5 Å². The van der Waals surface area contributed by atoms with E-state index in [2.05, 4.69) is 17.2 Å². The highest BCUT2D eigenvalue weighted by Crippen LogP contribution is 2.34. The summed E-state index contributed by atoms with van der Waals surface area (Å²) in [6, 6.07) is 10.6. The first-order valence-corrected chi connectivity index (χ1v) is 9.52. The Kier molecular flexibility index (Phi) is 5.07. The average molecular weight is 394 g/mol. The van der Waals surface area contributed by atoms with E-state index in [1.807, 2.05) is 6.07 Å². The summed E-state index contributed by atoms with van der Waals surface area (Å²) in [4.78, 5) is 31.8. The summed E-state index contributed by atoms with van der Waals surface area (Å²) in [5.41, 5.74) is 1.41. The summed E-state index contributed by atoms with van der Waals surface area (Å²) in [5, 5.41) is 2.81. The summed E-state index contributed by atoms with van der Waals surface area (Å²) in [6.45, 7) is 2.87. The van der Waals surface area contributed by atoms with Gasteiger partial charge in [-0.25, -0.2) is 4.98 Å². The highest BCUT2D eigenvalue weighted by atomic mass is 16.7. The van der Waals surface area contributed by atoms with Crippen molar-refractivity contribution in [3.63, 3.8) is 0 Å². The van der Waals surface area contributed by atoms with Gasteiger partial charge in [-0.15, -0.1) is 0 Å². The van der Waals surface area contributed by atoms with Crippen molar-refractivity contribution in [2.24, 2.45) is 0 Å². The summed E-state index contributed by atoms with van der Waals surface area (Å²) < 4.78 is 12.3. The van der Waals surface area contributed by atoms with Crippen molar-refractivity contribution in [2.75, 3.05) is 25.7 Å². The number of fused-ring (bicyclic) bond motifs is 2. The van der Waals surface area contributed by atoms with Crippen LogP contribution in [0.2, 0.25) is 0 Å². The van der Waals surface area contributed by atoms with Crippen LogP contribution in [0.3, 0.4) is 0 Å². The molecule has 1 aliphatic rings. The molecule has 3 heterocycles. The monoisotopic (exact) mass is 394 g/mol. The third-order valence-corrected chi connectivity index (χ3v) is 4.78. The van der Waals surface area contributed by atoms with E-state index in [1.54, 1.807) is 52.9 Å². The zero-order chi connectivity index (χ0) is 20.4. The Bertz CT molecular complexity index is 1080. The van der Waals surface area contributed by atoms with E-state index in [1.165, 1.54) is 0 Å². The second-order valence-electron chi connectivity index (χ2n) is 6.84. The summed E-state index contributed by atoms with van der Waals surface area (Å²) in [6.07, 6.45) is 3.62. The molecule has 0 spiro atoms. The molecule has 2 amide bonds. The molecule has 8 nitrogen and oxygen atoms in total. The van der Waals surface area contributed by atoms with Gasteiger partial charge in [-0.2, -0.15) is 0 Å². The van der Waals surface area contributed by atoms with Gasteiger partial charge in [0.25, 0.3) is 11.8 Å². The molecule has 0 aliphatic carbocycles. The first-order chi connectivity index (χ1) is 14.1.